The van der Waals surface area contributed by atoms with Crippen LogP contribution in [0.25, 0.3) is 44.9 Å². The number of aryl methyl sites for hydroxylation is 1. The lowest BCUT2D eigenvalue weighted by atomic mass is 10.1. The highest BCUT2D eigenvalue weighted by Gasteiger charge is 2.18. The summed E-state index contributed by atoms with van der Waals surface area (Å²) in [5.74, 6) is -0.661. The van der Waals surface area contributed by atoms with Gasteiger partial charge in [0.15, 0.2) is 22.6 Å². The van der Waals surface area contributed by atoms with Crippen LogP contribution in [0.5, 0.6) is 0 Å². The van der Waals surface area contributed by atoms with E-state index in [4.69, 9.17) is 40.5 Å². The molecule has 414 valence electrons. The maximum Gasteiger partial charge on any atom is 0.231 e. The molecule has 8 aromatic heterocycles. The van der Waals surface area contributed by atoms with Crippen LogP contribution in [0.4, 0.5) is 8.78 Å². The summed E-state index contributed by atoms with van der Waals surface area (Å²) in [4.78, 5) is 22.2. The third-order valence-electron chi connectivity index (χ3n) is 12.7. The van der Waals surface area contributed by atoms with Crippen molar-refractivity contribution in [3.05, 3.63) is 225 Å². The average molecular weight is 1140 g/mol. The molecule has 3 N–H and O–H groups in total. The number of allylic oxidation sites excluding steroid dienone is 12. The monoisotopic (exact) mass is 1140 g/mol. The van der Waals surface area contributed by atoms with Crippen LogP contribution < -0.4 is 11.1 Å². The maximum absolute atomic E-state index is 13.0. The van der Waals surface area contributed by atoms with Gasteiger partial charge in [0.2, 0.25) is 5.95 Å². The van der Waals surface area contributed by atoms with Crippen molar-refractivity contribution in [2.24, 2.45) is 5.73 Å². The fourth-order valence-corrected chi connectivity index (χ4v) is 8.79. The summed E-state index contributed by atoms with van der Waals surface area (Å²) < 4.78 is 31.8. The number of imidazole rings is 4. The zero-order valence-corrected chi connectivity index (χ0v) is 45.9. The van der Waals surface area contributed by atoms with Gasteiger partial charge < -0.3 is 20.9 Å². The van der Waals surface area contributed by atoms with Gasteiger partial charge in [-0.15, -0.1) is 5.10 Å². The van der Waals surface area contributed by atoms with Gasteiger partial charge >= 0.3 is 0 Å². The first kappa shape index (κ1) is 59.2. The molecule has 16 nitrogen and oxygen atoms in total. The highest BCUT2D eigenvalue weighted by Crippen LogP contribution is 2.31. The molecule has 4 aliphatic rings. The number of nitrogens with two attached hydrogens (primary N) is 1. The number of benzene rings is 1. The van der Waals surface area contributed by atoms with Crippen LogP contribution in [-0.2, 0) is 6.42 Å². The molecule has 0 aliphatic heterocycles. The second-order valence-electron chi connectivity index (χ2n) is 18.6. The van der Waals surface area contributed by atoms with Crippen molar-refractivity contribution in [1.29, 1.82) is 0 Å². The van der Waals surface area contributed by atoms with E-state index in [1.165, 1.54) is 56.5 Å². The molecule has 13 rings (SSSR count). The van der Waals surface area contributed by atoms with Gasteiger partial charge in [0.1, 0.15) is 21.3 Å². The van der Waals surface area contributed by atoms with Crippen molar-refractivity contribution in [3.63, 3.8) is 0 Å². The van der Waals surface area contributed by atoms with E-state index in [0.29, 0.717) is 21.1 Å². The van der Waals surface area contributed by atoms with Crippen LogP contribution in [0.3, 0.4) is 0 Å². The smallest absolute Gasteiger partial charge is 0.231 e. The van der Waals surface area contributed by atoms with Crippen molar-refractivity contribution in [2.75, 3.05) is 35.2 Å². The zero-order chi connectivity index (χ0) is 55.0. The molecule has 21 heteroatoms. The lowest BCUT2D eigenvalue weighted by Gasteiger charge is -2.13. The lowest BCUT2D eigenvalue weighted by molar-refractivity contribution is 0.506. The van der Waals surface area contributed by atoms with E-state index in [9.17, 15) is 8.78 Å². The number of hydrogen-bond acceptors (Lipinski definition) is 12. The van der Waals surface area contributed by atoms with E-state index < -0.39 is 5.95 Å². The van der Waals surface area contributed by atoms with Gasteiger partial charge in [-0.05, 0) is 119 Å². The fraction of sp³-hybridized carbons (Fsp3) is 0.220. The first-order valence-corrected chi connectivity index (χ1v) is 25.9. The molecule has 8 heterocycles. The molecule has 0 bridgehead atoms. The van der Waals surface area contributed by atoms with Crippen LogP contribution in [0.2, 0.25) is 15.5 Å². The van der Waals surface area contributed by atoms with E-state index in [1.807, 2.05) is 97.2 Å². The third kappa shape index (κ3) is 14.6. The summed E-state index contributed by atoms with van der Waals surface area (Å²) in [5, 5.41) is 20.8. The van der Waals surface area contributed by atoms with Crippen molar-refractivity contribution in [3.8, 4) is 0 Å². The SMILES string of the molecule is C.C.CCc1ccc(F)cc1.CN(C)C1=CC=C(c2cn3nc(Cl)ccc3n2)C1.CN(C)C1=CC=C(c2cn3nc(F)ccc3n2)C1.CNC1=CC=C(c2cn3nc(Cl)ccc3n2)C1.NC1=CC=C(c2cn3nc(Cl)ccc3n2)C1. The molecule has 0 amide bonds. The molecule has 9 aromatic rings. The Bertz CT molecular complexity index is 3810. The van der Waals surface area contributed by atoms with Crippen LogP contribution in [-0.4, -0.2) is 103 Å². The Morgan fingerprint density at radius 2 is 0.863 bits per heavy atom. The van der Waals surface area contributed by atoms with Gasteiger partial charge in [0.25, 0.3) is 0 Å². The largest absolute Gasteiger partial charge is 0.402 e. The van der Waals surface area contributed by atoms with Gasteiger partial charge in [0, 0.05) is 83.7 Å². The molecular weight excluding hydrogens is 1080 g/mol. The van der Waals surface area contributed by atoms with Crippen molar-refractivity contribution in [1.82, 2.24) is 73.5 Å². The van der Waals surface area contributed by atoms with E-state index in [-0.39, 0.29) is 20.7 Å². The zero-order valence-electron chi connectivity index (χ0n) is 43.6. The Morgan fingerprint density at radius 3 is 1.23 bits per heavy atom. The van der Waals surface area contributed by atoms with Crippen molar-refractivity contribution >= 4 is 79.7 Å². The van der Waals surface area contributed by atoms with Crippen LogP contribution in [0.1, 0.15) is 75.8 Å². The van der Waals surface area contributed by atoms with Crippen LogP contribution >= 0.6 is 34.8 Å². The van der Waals surface area contributed by atoms with Crippen LogP contribution in [0, 0.1) is 11.8 Å². The Kier molecular flexibility index (Phi) is 19.6. The van der Waals surface area contributed by atoms with Gasteiger partial charge in [-0.3, -0.25) is 0 Å². The second-order valence-corrected chi connectivity index (χ2v) is 19.7. The highest BCUT2D eigenvalue weighted by molar-refractivity contribution is 6.29. The minimum absolute atomic E-state index is 0. The molecule has 0 atom stereocenters. The van der Waals surface area contributed by atoms with E-state index in [2.05, 4.69) is 85.8 Å². The Labute approximate surface area is 478 Å². The first-order chi connectivity index (χ1) is 37.6. The summed E-state index contributed by atoms with van der Waals surface area (Å²) in [7, 11) is 10.1. The molecular formula is C59H63Cl3F2N16. The molecule has 0 spiro atoms. The molecule has 0 saturated carbocycles. The summed E-state index contributed by atoms with van der Waals surface area (Å²) in [5.41, 5.74) is 22.8. The minimum atomic E-state index is -0.501. The minimum Gasteiger partial charge on any atom is -0.402 e. The van der Waals surface area contributed by atoms with Crippen molar-refractivity contribution in [2.45, 2.75) is 53.9 Å². The maximum atomic E-state index is 13.0. The molecule has 0 saturated heterocycles. The van der Waals surface area contributed by atoms with Gasteiger partial charge in [-0.2, -0.15) is 19.7 Å². The van der Waals surface area contributed by atoms with E-state index in [0.717, 1.165) is 88.7 Å². The quantitative estimate of drug-likeness (QED) is 0.148. The third-order valence-corrected chi connectivity index (χ3v) is 13.3. The Hall–Kier alpha value is -8.45. The molecule has 1 aromatic carbocycles. The summed E-state index contributed by atoms with van der Waals surface area (Å²) in [6.45, 7) is 2.05. The number of halogens is 5. The number of hydrogen-bond donors (Lipinski definition) is 2. The normalized spacial score (nSPS) is 14.0. The van der Waals surface area contributed by atoms with E-state index in [1.54, 1.807) is 56.1 Å². The highest BCUT2D eigenvalue weighted by atomic mass is 35.5. The fourth-order valence-electron chi connectivity index (χ4n) is 8.35. The molecule has 4 aliphatic carbocycles. The lowest BCUT2D eigenvalue weighted by Crippen LogP contribution is -2.09. The molecule has 80 heavy (non-hydrogen) atoms. The topological polar surface area (TPSA) is 165 Å². The van der Waals surface area contributed by atoms with Gasteiger partial charge in [0.05, 0.1) is 47.6 Å². The average Bonchev–Trinajstić information content (AvgIpc) is 4.34. The first-order valence-electron chi connectivity index (χ1n) is 24.8. The number of aromatic nitrogens is 12. The standard InChI is InChI=1S/C13H13ClN4.C13H13FN4.C12H11ClN4.C11H9ClN4.C8H9F.2CH4/c2*1-17(2)10-4-3-9(7-10)11-8-18-13(15-11)6-5-12(14)16-18;1-14-9-3-2-8(6-9)10-7-17-12(15-10)5-4-11(13)16-17;12-10-3-4-11-14-9(6-16(11)15-10)7-1-2-8(13)5-7;1-2-7-3-5-8(9)6-4-7;;/h2*3-6,8H,7H2,1-2H3;2-5,7,14H,6H2,1H3;1-4,6H,5,13H2;3-6H,2H2,1H3;2*1H4. The predicted molar refractivity (Wildman–Crippen MR) is 320 cm³/mol. The molecule has 0 radical (unpaired) electrons. The number of nitrogens with zero attached hydrogens (tertiary/aromatic N) is 14. The summed E-state index contributed by atoms with van der Waals surface area (Å²) in [6.07, 6.45) is 28.2. The predicted octanol–water partition coefficient (Wildman–Crippen LogP) is 12.7. The van der Waals surface area contributed by atoms with Crippen LogP contribution in [0.15, 0.2) is 169 Å². The molecule has 0 unspecified atom stereocenters. The summed E-state index contributed by atoms with van der Waals surface area (Å²) in [6, 6.07) is 20.3. The van der Waals surface area contributed by atoms with Gasteiger partial charge in [-0.1, -0.05) is 93.0 Å². The Balaban J connectivity index is 0.000000146. The van der Waals surface area contributed by atoms with E-state index >= 15 is 0 Å². The number of rotatable bonds is 8. The van der Waals surface area contributed by atoms with Crippen molar-refractivity contribution < 1.29 is 8.78 Å². The molecule has 0 fully saturated rings. The number of nitrogens with one attached hydrogen (secondary N) is 1. The van der Waals surface area contributed by atoms with Gasteiger partial charge in [-0.25, -0.2) is 42.4 Å². The number of fused-ring (bicyclic) bond motifs is 4. The second kappa shape index (κ2) is 26.5. The Morgan fingerprint density at radius 1 is 0.487 bits per heavy atom. The summed E-state index contributed by atoms with van der Waals surface area (Å²) >= 11 is 17.5.